The van der Waals surface area contributed by atoms with E-state index < -0.39 is 0 Å². The summed E-state index contributed by atoms with van der Waals surface area (Å²) in [6, 6.07) is 7.75. The van der Waals surface area contributed by atoms with Gasteiger partial charge in [0.15, 0.2) is 5.16 Å². The van der Waals surface area contributed by atoms with Crippen LogP contribution in [0.3, 0.4) is 0 Å². The zero-order chi connectivity index (χ0) is 14.4. The number of aryl methyl sites for hydroxylation is 1. The highest BCUT2D eigenvalue weighted by Crippen LogP contribution is 2.32. The molecular weight excluding hydrogens is 308 g/mol. The second kappa shape index (κ2) is 8.71. The van der Waals surface area contributed by atoms with Crippen LogP contribution in [0.25, 0.3) is 0 Å². The smallest absolute Gasteiger partial charge is 0.225 e. The molecule has 0 spiro atoms. The van der Waals surface area contributed by atoms with E-state index in [0.29, 0.717) is 13.0 Å². The fourth-order valence-electron chi connectivity index (χ4n) is 1.66. The summed E-state index contributed by atoms with van der Waals surface area (Å²) in [4.78, 5) is 17.1. The Morgan fingerprint density at radius 2 is 2.14 bits per heavy atom. The molecule has 0 bridgehead atoms. The van der Waals surface area contributed by atoms with Crippen LogP contribution in [-0.2, 0) is 11.8 Å². The minimum atomic E-state index is 0. The van der Waals surface area contributed by atoms with Crippen LogP contribution < -0.4 is 10.6 Å². The number of carbonyl (C=O) groups excluding carboxylic acids is 1. The van der Waals surface area contributed by atoms with Crippen molar-refractivity contribution in [2.75, 3.05) is 18.9 Å². The number of para-hydroxylation sites is 1. The van der Waals surface area contributed by atoms with Gasteiger partial charge in [0.05, 0.1) is 5.69 Å². The molecule has 1 aromatic heterocycles. The van der Waals surface area contributed by atoms with Gasteiger partial charge in [-0.15, -0.1) is 12.4 Å². The molecule has 0 aliphatic carbocycles. The zero-order valence-corrected chi connectivity index (χ0v) is 13.6. The van der Waals surface area contributed by atoms with Gasteiger partial charge in [-0.05, 0) is 30.9 Å². The maximum absolute atomic E-state index is 11.8. The van der Waals surface area contributed by atoms with E-state index in [1.165, 1.54) is 11.8 Å². The van der Waals surface area contributed by atoms with Crippen LogP contribution in [0.4, 0.5) is 5.69 Å². The Kier molecular flexibility index (Phi) is 7.28. The average molecular weight is 327 g/mol. The third-order valence-corrected chi connectivity index (χ3v) is 3.89. The number of nitrogens with zero attached hydrogens (tertiary/aromatic N) is 2. The van der Waals surface area contributed by atoms with Crippen LogP contribution in [0.5, 0.6) is 0 Å². The standard InChI is InChI=1S/C14H18N4OS.ClH/c1-15-8-7-13(19)17-11-5-3-4-6-12(11)20-14-16-9-10-18(14)2;/h3-6,9-10,15H,7-8H2,1-2H3,(H,17,19);1H. The number of hydrogen-bond acceptors (Lipinski definition) is 4. The molecule has 1 heterocycles. The molecule has 2 N–H and O–H groups in total. The summed E-state index contributed by atoms with van der Waals surface area (Å²) in [5.41, 5.74) is 0.821. The molecule has 0 saturated heterocycles. The summed E-state index contributed by atoms with van der Waals surface area (Å²) in [5, 5.41) is 6.79. The van der Waals surface area contributed by atoms with E-state index in [9.17, 15) is 4.79 Å². The first-order valence-corrected chi connectivity index (χ1v) is 7.21. The Balaban J connectivity index is 0.00000220. The fourth-order valence-corrected chi connectivity index (χ4v) is 2.55. The average Bonchev–Trinajstić information content (AvgIpc) is 2.84. The molecule has 21 heavy (non-hydrogen) atoms. The van der Waals surface area contributed by atoms with E-state index in [1.54, 1.807) is 6.20 Å². The van der Waals surface area contributed by atoms with Crippen molar-refractivity contribution in [3.63, 3.8) is 0 Å². The predicted molar refractivity (Wildman–Crippen MR) is 88.2 cm³/mol. The lowest BCUT2D eigenvalue weighted by Gasteiger charge is -2.10. The number of amides is 1. The number of hydrogen-bond donors (Lipinski definition) is 2. The summed E-state index contributed by atoms with van der Waals surface area (Å²) in [5.74, 6) is 0.00670. The summed E-state index contributed by atoms with van der Waals surface area (Å²) >= 11 is 1.53. The van der Waals surface area contributed by atoms with Gasteiger partial charge in [-0.25, -0.2) is 4.98 Å². The van der Waals surface area contributed by atoms with Crippen LogP contribution >= 0.6 is 24.2 Å². The fraction of sp³-hybridized carbons (Fsp3) is 0.286. The van der Waals surface area contributed by atoms with Gasteiger partial charge in [0, 0.05) is 37.3 Å². The second-order valence-corrected chi connectivity index (χ2v) is 5.33. The van der Waals surface area contributed by atoms with E-state index >= 15 is 0 Å². The Morgan fingerprint density at radius 1 is 1.38 bits per heavy atom. The molecule has 0 fully saturated rings. The lowest BCUT2D eigenvalue weighted by molar-refractivity contribution is -0.116. The summed E-state index contributed by atoms with van der Waals surface area (Å²) in [7, 11) is 3.78. The normalized spacial score (nSPS) is 10.0. The molecule has 7 heteroatoms. The number of anilines is 1. The van der Waals surface area contributed by atoms with Crippen LogP contribution in [-0.4, -0.2) is 29.1 Å². The maximum Gasteiger partial charge on any atom is 0.225 e. The van der Waals surface area contributed by atoms with Crippen LogP contribution in [0.1, 0.15) is 6.42 Å². The van der Waals surface area contributed by atoms with E-state index in [4.69, 9.17) is 0 Å². The summed E-state index contributed by atoms with van der Waals surface area (Å²) < 4.78 is 1.95. The molecule has 0 radical (unpaired) electrons. The topological polar surface area (TPSA) is 59.0 Å². The number of rotatable bonds is 6. The van der Waals surface area contributed by atoms with Gasteiger partial charge in [-0.3, -0.25) is 4.79 Å². The summed E-state index contributed by atoms with van der Waals surface area (Å²) in [6.07, 6.45) is 4.12. The molecule has 0 aliphatic rings. The highest BCUT2D eigenvalue weighted by Gasteiger charge is 2.09. The molecule has 0 saturated carbocycles. The Hall–Kier alpha value is -1.50. The van der Waals surface area contributed by atoms with Gasteiger partial charge >= 0.3 is 0 Å². The number of aromatic nitrogens is 2. The number of imidazole rings is 1. The van der Waals surface area contributed by atoms with Gasteiger partial charge in [0.25, 0.3) is 0 Å². The molecule has 2 rings (SSSR count). The lowest BCUT2D eigenvalue weighted by atomic mass is 10.3. The first kappa shape index (κ1) is 17.6. The van der Waals surface area contributed by atoms with Crippen LogP contribution in [0, 0.1) is 0 Å². The lowest BCUT2D eigenvalue weighted by Crippen LogP contribution is -2.19. The largest absolute Gasteiger partial charge is 0.329 e. The van der Waals surface area contributed by atoms with Crippen molar-refractivity contribution in [1.29, 1.82) is 0 Å². The first-order valence-electron chi connectivity index (χ1n) is 6.39. The molecule has 5 nitrogen and oxygen atoms in total. The van der Waals surface area contributed by atoms with Crippen molar-refractivity contribution < 1.29 is 4.79 Å². The molecule has 0 aliphatic heterocycles. The highest BCUT2D eigenvalue weighted by molar-refractivity contribution is 7.99. The van der Waals surface area contributed by atoms with Gasteiger partial charge < -0.3 is 15.2 Å². The van der Waals surface area contributed by atoms with Crippen molar-refractivity contribution in [2.45, 2.75) is 16.5 Å². The van der Waals surface area contributed by atoms with Crippen LogP contribution in [0.2, 0.25) is 0 Å². The minimum Gasteiger partial charge on any atom is -0.329 e. The highest BCUT2D eigenvalue weighted by atomic mass is 35.5. The Morgan fingerprint density at radius 3 is 2.81 bits per heavy atom. The van der Waals surface area contributed by atoms with Gasteiger partial charge in [0.1, 0.15) is 0 Å². The van der Waals surface area contributed by atoms with Crippen molar-refractivity contribution in [3.8, 4) is 0 Å². The molecule has 0 unspecified atom stereocenters. The quantitative estimate of drug-likeness (QED) is 0.856. The third-order valence-electron chi connectivity index (χ3n) is 2.74. The second-order valence-electron chi connectivity index (χ2n) is 4.32. The van der Waals surface area contributed by atoms with E-state index in [0.717, 1.165) is 15.7 Å². The molecular formula is C14H19ClN4OS. The molecule has 2 aromatic rings. The molecule has 1 amide bonds. The Bertz CT molecular complexity index is 588. The van der Waals surface area contributed by atoms with Gasteiger partial charge in [-0.1, -0.05) is 12.1 Å². The van der Waals surface area contributed by atoms with Crippen molar-refractivity contribution in [3.05, 3.63) is 36.7 Å². The molecule has 1 aromatic carbocycles. The Labute approximate surface area is 134 Å². The van der Waals surface area contributed by atoms with Crippen LogP contribution in [0.15, 0.2) is 46.7 Å². The number of carbonyl (C=O) groups is 1. The van der Waals surface area contributed by atoms with Crippen molar-refractivity contribution >= 4 is 35.8 Å². The van der Waals surface area contributed by atoms with Gasteiger partial charge in [0.2, 0.25) is 5.91 Å². The molecule has 0 atom stereocenters. The third kappa shape index (κ3) is 5.08. The van der Waals surface area contributed by atoms with E-state index in [-0.39, 0.29) is 18.3 Å². The first-order chi connectivity index (χ1) is 9.70. The predicted octanol–water partition coefficient (Wildman–Crippen LogP) is 2.54. The van der Waals surface area contributed by atoms with Crippen molar-refractivity contribution in [2.24, 2.45) is 7.05 Å². The van der Waals surface area contributed by atoms with E-state index in [1.807, 2.05) is 49.1 Å². The van der Waals surface area contributed by atoms with Crippen molar-refractivity contribution in [1.82, 2.24) is 14.9 Å². The number of halogens is 1. The SMILES string of the molecule is CNCCC(=O)Nc1ccccc1Sc1nccn1C.Cl. The van der Waals surface area contributed by atoms with E-state index in [2.05, 4.69) is 15.6 Å². The molecule has 114 valence electrons. The zero-order valence-electron chi connectivity index (χ0n) is 12.0. The monoisotopic (exact) mass is 326 g/mol. The summed E-state index contributed by atoms with van der Waals surface area (Å²) in [6.45, 7) is 0.667. The minimum absolute atomic E-state index is 0. The maximum atomic E-state index is 11.8. The number of benzene rings is 1. The van der Waals surface area contributed by atoms with Gasteiger partial charge in [-0.2, -0.15) is 0 Å². The number of nitrogens with one attached hydrogen (secondary N) is 2.